The molecule has 0 spiro atoms. The lowest BCUT2D eigenvalue weighted by Crippen LogP contribution is -2.21. The minimum absolute atomic E-state index is 0.426. The molecule has 20 heavy (non-hydrogen) atoms. The molecule has 0 bridgehead atoms. The highest BCUT2D eigenvalue weighted by molar-refractivity contribution is 5.30. The lowest BCUT2D eigenvalue weighted by molar-refractivity contribution is 0.446. The lowest BCUT2D eigenvalue weighted by atomic mass is 10.0. The van der Waals surface area contributed by atoms with Gasteiger partial charge in [-0.15, -0.1) is 0 Å². The van der Waals surface area contributed by atoms with E-state index in [2.05, 4.69) is 37.7 Å². The third-order valence-electron chi connectivity index (χ3n) is 4.60. The molecule has 1 aliphatic carbocycles. The Labute approximate surface area is 124 Å². The first-order valence-electron chi connectivity index (χ1n) is 8.56. The zero-order valence-corrected chi connectivity index (χ0v) is 13.7. The van der Waals surface area contributed by atoms with E-state index in [1.165, 1.54) is 49.1 Å². The third kappa shape index (κ3) is 3.08. The molecule has 0 aliphatic heterocycles. The quantitative estimate of drug-likeness (QED) is 0.810. The van der Waals surface area contributed by atoms with Crippen molar-refractivity contribution in [2.45, 2.75) is 84.7 Å². The summed E-state index contributed by atoms with van der Waals surface area (Å²) in [6.45, 7) is 10.1. The number of nitrogens with one attached hydrogen (secondary N) is 1. The predicted octanol–water partition coefficient (Wildman–Crippen LogP) is 4.18. The van der Waals surface area contributed by atoms with Crippen LogP contribution in [0.1, 0.15) is 88.8 Å². The van der Waals surface area contributed by atoms with Crippen LogP contribution in [-0.2, 0) is 12.8 Å². The van der Waals surface area contributed by atoms with E-state index in [1.807, 2.05) is 0 Å². The van der Waals surface area contributed by atoms with Gasteiger partial charge in [0.1, 0.15) is 0 Å². The Balaban J connectivity index is 2.32. The molecular formula is C17H31N3. The summed E-state index contributed by atoms with van der Waals surface area (Å²) in [7, 11) is 0. The van der Waals surface area contributed by atoms with Gasteiger partial charge in [-0.25, -0.2) is 0 Å². The van der Waals surface area contributed by atoms with Gasteiger partial charge in [-0.3, -0.25) is 4.68 Å². The van der Waals surface area contributed by atoms with Gasteiger partial charge in [-0.1, -0.05) is 33.6 Å². The molecule has 1 fully saturated rings. The zero-order valence-electron chi connectivity index (χ0n) is 13.7. The minimum Gasteiger partial charge on any atom is -0.310 e. The molecular weight excluding hydrogens is 246 g/mol. The van der Waals surface area contributed by atoms with Crippen LogP contribution in [0.25, 0.3) is 0 Å². The molecule has 3 nitrogen and oxygen atoms in total. The van der Waals surface area contributed by atoms with Crippen molar-refractivity contribution in [2.75, 3.05) is 6.54 Å². The van der Waals surface area contributed by atoms with Crippen LogP contribution in [0.15, 0.2) is 0 Å². The smallest absolute Gasteiger partial charge is 0.0672 e. The van der Waals surface area contributed by atoms with E-state index >= 15 is 0 Å². The van der Waals surface area contributed by atoms with Gasteiger partial charge in [-0.05, 0) is 45.6 Å². The first kappa shape index (κ1) is 15.6. The Kier molecular flexibility index (Phi) is 5.64. The topological polar surface area (TPSA) is 29.9 Å². The second-order valence-corrected chi connectivity index (χ2v) is 6.07. The van der Waals surface area contributed by atoms with Gasteiger partial charge in [-0.2, -0.15) is 5.10 Å². The van der Waals surface area contributed by atoms with E-state index < -0.39 is 0 Å². The molecule has 1 saturated carbocycles. The lowest BCUT2D eigenvalue weighted by Gasteiger charge is -2.18. The molecule has 0 saturated heterocycles. The van der Waals surface area contributed by atoms with Crippen LogP contribution in [0, 0.1) is 0 Å². The van der Waals surface area contributed by atoms with E-state index in [4.69, 9.17) is 5.10 Å². The van der Waals surface area contributed by atoms with Gasteiger partial charge in [0, 0.05) is 17.3 Å². The van der Waals surface area contributed by atoms with Gasteiger partial charge >= 0.3 is 0 Å². The van der Waals surface area contributed by atoms with Crippen LogP contribution in [-0.4, -0.2) is 16.3 Å². The molecule has 0 radical (unpaired) electrons. The fourth-order valence-electron chi connectivity index (χ4n) is 3.56. The average Bonchev–Trinajstić information content (AvgIpc) is 3.10. The van der Waals surface area contributed by atoms with Gasteiger partial charge in [0.05, 0.1) is 11.7 Å². The number of aryl methyl sites for hydroxylation is 1. The number of hydrogen-bond acceptors (Lipinski definition) is 2. The Morgan fingerprint density at radius 1 is 1.20 bits per heavy atom. The fraction of sp³-hybridized carbons (Fsp3) is 0.824. The van der Waals surface area contributed by atoms with E-state index in [0.29, 0.717) is 12.1 Å². The summed E-state index contributed by atoms with van der Waals surface area (Å²) in [4.78, 5) is 0. The molecule has 1 unspecified atom stereocenters. The van der Waals surface area contributed by atoms with Crippen molar-refractivity contribution >= 4 is 0 Å². The molecule has 0 aromatic carbocycles. The molecule has 1 aromatic rings. The van der Waals surface area contributed by atoms with E-state index in [1.54, 1.807) is 0 Å². The number of hydrogen-bond donors (Lipinski definition) is 1. The monoisotopic (exact) mass is 277 g/mol. The summed E-state index contributed by atoms with van der Waals surface area (Å²) < 4.78 is 2.38. The van der Waals surface area contributed by atoms with Crippen LogP contribution in [0.3, 0.4) is 0 Å². The second-order valence-electron chi connectivity index (χ2n) is 6.07. The van der Waals surface area contributed by atoms with Crippen LogP contribution in [0.5, 0.6) is 0 Å². The predicted molar refractivity (Wildman–Crippen MR) is 85.2 cm³/mol. The maximum Gasteiger partial charge on any atom is 0.0672 e. The molecule has 1 N–H and O–H groups in total. The first-order chi connectivity index (χ1) is 9.72. The Morgan fingerprint density at radius 2 is 1.90 bits per heavy atom. The van der Waals surface area contributed by atoms with Crippen LogP contribution >= 0.6 is 0 Å². The van der Waals surface area contributed by atoms with Gasteiger partial charge < -0.3 is 5.32 Å². The van der Waals surface area contributed by atoms with Crippen LogP contribution in [0.2, 0.25) is 0 Å². The van der Waals surface area contributed by atoms with Gasteiger partial charge in [0.25, 0.3) is 0 Å². The van der Waals surface area contributed by atoms with Crippen molar-refractivity contribution in [2.24, 2.45) is 0 Å². The SMILES string of the molecule is CCCNC(C)c1c(CC)nn(C2CCCC2)c1CC. The Bertz CT molecular complexity index is 416. The summed E-state index contributed by atoms with van der Waals surface area (Å²) in [5, 5.41) is 8.64. The third-order valence-corrected chi connectivity index (χ3v) is 4.60. The van der Waals surface area contributed by atoms with Crippen molar-refractivity contribution < 1.29 is 0 Å². The van der Waals surface area contributed by atoms with Gasteiger partial charge in [0.2, 0.25) is 0 Å². The summed E-state index contributed by atoms with van der Waals surface area (Å²) in [5.41, 5.74) is 4.27. The van der Waals surface area contributed by atoms with E-state index in [-0.39, 0.29) is 0 Å². The highest BCUT2D eigenvalue weighted by atomic mass is 15.3. The van der Waals surface area contributed by atoms with Crippen molar-refractivity contribution in [1.29, 1.82) is 0 Å². The fourth-order valence-corrected chi connectivity index (χ4v) is 3.56. The summed E-state index contributed by atoms with van der Waals surface area (Å²) in [5.74, 6) is 0. The summed E-state index contributed by atoms with van der Waals surface area (Å²) >= 11 is 0. The Hall–Kier alpha value is -0.830. The normalized spacial score (nSPS) is 17.8. The maximum absolute atomic E-state index is 4.99. The first-order valence-corrected chi connectivity index (χ1v) is 8.56. The molecule has 3 heteroatoms. The average molecular weight is 277 g/mol. The molecule has 114 valence electrons. The van der Waals surface area contributed by atoms with Crippen molar-refractivity contribution in [3.8, 4) is 0 Å². The highest BCUT2D eigenvalue weighted by Crippen LogP contribution is 2.33. The zero-order chi connectivity index (χ0) is 14.5. The molecule has 1 atom stereocenters. The van der Waals surface area contributed by atoms with E-state index in [9.17, 15) is 0 Å². The maximum atomic E-state index is 4.99. The molecule has 0 amide bonds. The summed E-state index contributed by atoms with van der Waals surface area (Å²) in [6.07, 6.45) is 8.69. The standard InChI is InChI=1S/C17H31N3/c1-5-12-18-13(4)17-15(6-2)19-20(16(17)7-3)14-10-8-9-11-14/h13-14,18H,5-12H2,1-4H3. The molecule has 1 aromatic heterocycles. The largest absolute Gasteiger partial charge is 0.310 e. The van der Waals surface area contributed by atoms with Gasteiger partial charge in [0.15, 0.2) is 0 Å². The second kappa shape index (κ2) is 7.26. The highest BCUT2D eigenvalue weighted by Gasteiger charge is 2.25. The molecule has 2 rings (SSSR count). The number of rotatable bonds is 7. The molecule has 1 aliphatic rings. The van der Waals surface area contributed by atoms with E-state index in [0.717, 1.165) is 19.4 Å². The van der Waals surface area contributed by atoms with Crippen molar-refractivity contribution in [1.82, 2.24) is 15.1 Å². The summed E-state index contributed by atoms with van der Waals surface area (Å²) in [6, 6.07) is 1.08. The van der Waals surface area contributed by atoms with Crippen LogP contribution < -0.4 is 5.32 Å². The van der Waals surface area contributed by atoms with Crippen molar-refractivity contribution in [3.63, 3.8) is 0 Å². The minimum atomic E-state index is 0.426. The number of nitrogens with zero attached hydrogens (tertiary/aromatic N) is 2. The molecule has 1 heterocycles. The Morgan fingerprint density at radius 3 is 2.45 bits per heavy atom. The number of aromatic nitrogens is 2. The van der Waals surface area contributed by atoms with Crippen LogP contribution in [0.4, 0.5) is 0 Å². The van der Waals surface area contributed by atoms with Crippen molar-refractivity contribution in [3.05, 3.63) is 17.0 Å².